The molecule has 0 aliphatic rings. The molecule has 0 saturated heterocycles. The lowest BCUT2D eigenvalue weighted by atomic mass is 10.1. The minimum Gasteiger partial charge on any atom is -0.320 e. The molecule has 0 aliphatic carbocycles. The van der Waals surface area contributed by atoms with E-state index in [0.29, 0.717) is 28.3 Å². The third-order valence-electron chi connectivity index (χ3n) is 3.67. The van der Waals surface area contributed by atoms with Crippen LogP contribution in [0.1, 0.15) is 21.7 Å². The number of imidazole rings is 1. The van der Waals surface area contributed by atoms with Crippen molar-refractivity contribution in [1.29, 1.82) is 0 Å². The number of anilines is 1. The molecule has 7 heteroatoms. The lowest BCUT2D eigenvalue weighted by Gasteiger charge is -2.09. The highest BCUT2D eigenvalue weighted by Crippen LogP contribution is 2.25. The molecule has 0 atom stereocenters. The van der Waals surface area contributed by atoms with Gasteiger partial charge < -0.3 is 5.32 Å². The molecular formula is C16H14N4O3. The number of hydrogen-bond donors (Lipinski definition) is 1. The summed E-state index contributed by atoms with van der Waals surface area (Å²) in [7, 11) is 0. The number of fused-ring (bicyclic) bond motifs is 1. The van der Waals surface area contributed by atoms with Crippen LogP contribution in [0.3, 0.4) is 0 Å². The van der Waals surface area contributed by atoms with Gasteiger partial charge in [0.05, 0.1) is 21.9 Å². The van der Waals surface area contributed by atoms with Gasteiger partial charge in [0, 0.05) is 12.3 Å². The van der Waals surface area contributed by atoms with E-state index < -0.39 is 4.92 Å². The number of hydrogen-bond acceptors (Lipinski definition) is 4. The fraction of sp³-hybridized carbons (Fsp3) is 0.125. The van der Waals surface area contributed by atoms with Crippen LogP contribution in [0.4, 0.5) is 11.4 Å². The maximum Gasteiger partial charge on any atom is 0.274 e. The van der Waals surface area contributed by atoms with Gasteiger partial charge in [-0.05, 0) is 32.0 Å². The summed E-state index contributed by atoms with van der Waals surface area (Å²) in [4.78, 5) is 27.5. The van der Waals surface area contributed by atoms with E-state index in [1.165, 1.54) is 6.07 Å². The Morgan fingerprint density at radius 1 is 1.22 bits per heavy atom. The number of aryl methyl sites for hydroxylation is 1. The Labute approximate surface area is 131 Å². The van der Waals surface area contributed by atoms with Crippen molar-refractivity contribution in [3.63, 3.8) is 0 Å². The number of rotatable bonds is 3. The smallest absolute Gasteiger partial charge is 0.274 e. The first-order chi connectivity index (χ1) is 11.0. The molecule has 1 N–H and O–H groups in total. The van der Waals surface area contributed by atoms with Gasteiger partial charge in [0.25, 0.3) is 11.6 Å². The van der Waals surface area contributed by atoms with Crippen LogP contribution < -0.4 is 5.32 Å². The largest absolute Gasteiger partial charge is 0.320 e. The number of amides is 1. The number of carbonyl (C=O) groups excluding carboxylic acids is 1. The number of aromatic nitrogens is 2. The summed E-state index contributed by atoms with van der Waals surface area (Å²) >= 11 is 0. The van der Waals surface area contributed by atoms with Gasteiger partial charge in [0.15, 0.2) is 0 Å². The molecule has 0 aliphatic heterocycles. The predicted octanol–water partition coefficient (Wildman–Crippen LogP) is 3.11. The number of carbonyl (C=O) groups is 1. The molecular weight excluding hydrogens is 296 g/mol. The molecule has 3 rings (SSSR count). The molecule has 116 valence electrons. The van der Waals surface area contributed by atoms with Crippen LogP contribution in [0, 0.1) is 24.0 Å². The van der Waals surface area contributed by atoms with Gasteiger partial charge in [-0.25, -0.2) is 4.98 Å². The Kier molecular flexibility index (Phi) is 3.53. The van der Waals surface area contributed by atoms with Crippen LogP contribution in [-0.4, -0.2) is 20.2 Å². The third kappa shape index (κ3) is 2.52. The third-order valence-corrected chi connectivity index (χ3v) is 3.67. The van der Waals surface area contributed by atoms with Crippen LogP contribution >= 0.6 is 0 Å². The Morgan fingerprint density at radius 2 is 2.00 bits per heavy atom. The van der Waals surface area contributed by atoms with Gasteiger partial charge in [-0.1, -0.05) is 12.1 Å². The average molecular weight is 310 g/mol. The molecule has 0 bridgehead atoms. The fourth-order valence-electron chi connectivity index (χ4n) is 2.53. The zero-order valence-electron chi connectivity index (χ0n) is 12.6. The van der Waals surface area contributed by atoms with Crippen molar-refractivity contribution in [3.8, 4) is 0 Å². The summed E-state index contributed by atoms with van der Waals surface area (Å²) in [6.45, 7) is 3.36. The van der Waals surface area contributed by atoms with E-state index in [4.69, 9.17) is 0 Å². The van der Waals surface area contributed by atoms with Crippen LogP contribution in [0.2, 0.25) is 0 Å². The van der Waals surface area contributed by atoms with E-state index in [9.17, 15) is 14.9 Å². The van der Waals surface area contributed by atoms with Gasteiger partial charge in [-0.2, -0.15) is 0 Å². The zero-order chi connectivity index (χ0) is 16.6. The number of benzene rings is 1. The normalized spacial score (nSPS) is 10.7. The summed E-state index contributed by atoms with van der Waals surface area (Å²) in [5, 5.41) is 13.7. The van der Waals surface area contributed by atoms with Crippen molar-refractivity contribution < 1.29 is 9.72 Å². The van der Waals surface area contributed by atoms with Gasteiger partial charge in [-0.3, -0.25) is 19.3 Å². The fourth-order valence-corrected chi connectivity index (χ4v) is 2.53. The van der Waals surface area contributed by atoms with Crippen molar-refractivity contribution in [2.45, 2.75) is 13.8 Å². The van der Waals surface area contributed by atoms with E-state index in [1.807, 2.05) is 18.2 Å². The molecule has 0 spiro atoms. The highest BCUT2D eigenvalue weighted by molar-refractivity contribution is 6.05. The van der Waals surface area contributed by atoms with Gasteiger partial charge in [-0.15, -0.1) is 0 Å². The molecule has 0 radical (unpaired) electrons. The molecule has 2 heterocycles. The van der Waals surface area contributed by atoms with Crippen molar-refractivity contribution >= 4 is 22.9 Å². The SMILES string of the molecule is Cc1nc2ccccn2c1C(=O)Nc1cccc([N+](=O)[O-])c1C. The van der Waals surface area contributed by atoms with E-state index in [2.05, 4.69) is 10.3 Å². The Hall–Kier alpha value is -3.22. The molecule has 0 unspecified atom stereocenters. The maximum absolute atomic E-state index is 12.6. The quantitative estimate of drug-likeness (QED) is 0.594. The lowest BCUT2D eigenvalue weighted by molar-refractivity contribution is -0.385. The highest BCUT2D eigenvalue weighted by Gasteiger charge is 2.19. The number of nitro groups is 1. The van der Waals surface area contributed by atoms with Gasteiger partial charge in [0.2, 0.25) is 0 Å². The van der Waals surface area contributed by atoms with Gasteiger partial charge >= 0.3 is 0 Å². The van der Waals surface area contributed by atoms with Crippen molar-refractivity contribution in [3.05, 3.63) is 69.7 Å². The van der Waals surface area contributed by atoms with Crippen LogP contribution in [-0.2, 0) is 0 Å². The Bertz CT molecular complexity index is 930. The molecule has 1 amide bonds. The molecule has 7 nitrogen and oxygen atoms in total. The molecule has 0 saturated carbocycles. The first-order valence-electron chi connectivity index (χ1n) is 6.98. The first kappa shape index (κ1) is 14.7. The first-order valence-corrected chi connectivity index (χ1v) is 6.98. The standard InChI is InChI=1S/C16H14N4O3/c1-10-12(6-5-7-13(10)20(22)23)18-16(21)15-11(2)17-14-8-3-4-9-19(14)15/h3-9H,1-2H3,(H,18,21). The minimum absolute atomic E-state index is 0.0299. The average Bonchev–Trinajstić information content (AvgIpc) is 2.84. The molecule has 23 heavy (non-hydrogen) atoms. The van der Waals surface area contributed by atoms with E-state index >= 15 is 0 Å². The summed E-state index contributed by atoms with van der Waals surface area (Å²) < 4.78 is 1.69. The number of nitrogens with one attached hydrogen (secondary N) is 1. The zero-order valence-corrected chi connectivity index (χ0v) is 12.6. The van der Waals surface area contributed by atoms with Crippen molar-refractivity contribution in [1.82, 2.24) is 9.38 Å². The molecule has 2 aromatic heterocycles. The maximum atomic E-state index is 12.6. The molecule has 0 fully saturated rings. The molecule has 1 aromatic carbocycles. The van der Waals surface area contributed by atoms with E-state index in [0.717, 1.165) is 0 Å². The van der Waals surface area contributed by atoms with Crippen LogP contribution in [0.15, 0.2) is 42.6 Å². The summed E-state index contributed by atoms with van der Waals surface area (Å²) in [5.74, 6) is -0.357. The van der Waals surface area contributed by atoms with E-state index in [1.54, 1.807) is 36.6 Å². The Morgan fingerprint density at radius 3 is 2.74 bits per heavy atom. The second-order valence-corrected chi connectivity index (χ2v) is 5.14. The van der Waals surface area contributed by atoms with Crippen molar-refractivity contribution in [2.75, 3.05) is 5.32 Å². The summed E-state index contributed by atoms with van der Waals surface area (Å²) in [6.07, 6.45) is 1.75. The number of pyridine rings is 1. The monoisotopic (exact) mass is 310 g/mol. The Balaban J connectivity index is 2.00. The lowest BCUT2D eigenvalue weighted by Crippen LogP contribution is -2.16. The topological polar surface area (TPSA) is 89.5 Å². The number of nitro benzene ring substituents is 1. The van der Waals surface area contributed by atoms with Crippen LogP contribution in [0.25, 0.3) is 5.65 Å². The second kappa shape index (κ2) is 5.53. The highest BCUT2D eigenvalue weighted by atomic mass is 16.6. The minimum atomic E-state index is -0.468. The molecule has 3 aromatic rings. The van der Waals surface area contributed by atoms with E-state index in [-0.39, 0.29) is 11.6 Å². The van der Waals surface area contributed by atoms with Gasteiger partial charge in [0.1, 0.15) is 11.3 Å². The van der Waals surface area contributed by atoms with Crippen molar-refractivity contribution in [2.24, 2.45) is 0 Å². The summed E-state index contributed by atoms with van der Waals surface area (Å²) in [5.41, 5.74) is 2.47. The second-order valence-electron chi connectivity index (χ2n) is 5.14. The predicted molar refractivity (Wildman–Crippen MR) is 85.7 cm³/mol. The summed E-state index contributed by atoms with van der Waals surface area (Å²) in [6, 6.07) is 10.0. The number of nitrogens with zero attached hydrogens (tertiary/aromatic N) is 3. The van der Waals surface area contributed by atoms with Crippen LogP contribution in [0.5, 0.6) is 0 Å².